The van der Waals surface area contributed by atoms with Crippen molar-refractivity contribution in [3.05, 3.63) is 67.6 Å². The van der Waals surface area contributed by atoms with E-state index in [1.807, 2.05) is 48.9 Å². The highest BCUT2D eigenvalue weighted by molar-refractivity contribution is 6.01. The first-order chi connectivity index (χ1) is 9.90. The molecule has 98 valence electrons. The molecule has 0 atom stereocenters. The lowest BCUT2D eigenvalue weighted by Gasteiger charge is -2.11. The fourth-order valence-corrected chi connectivity index (χ4v) is 2.24. The highest BCUT2D eigenvalue weighted by atomic mass is 15.0. The summed E-state index contributed by atoms with van der Waals surface area (Å²) in [7, 11) is 0. The van der Waals surface area contributed by atoms with Gasteiger partial charge in [-0.15, -0.1) is 6.58 Å². The average Bonchev–Trinajstić information content (AvgIpc) is 2.53. The predicted molar refractivity (Wildman–Crippen MR) is 83.7 cm³/mol. The van der Waals surface area contributed by atoms with Gasteiger partial charge in [-0.1, -0.05) is 36.4 Å². The molecule has 0 aliphatic rings. The number of hydrogen-bond donors (Lipinski definition) is 1. The molecule has 0 amide bonds. The number of fused-ring (bicyclic) bond motifs is 1. The van der Waals surface area contributed by atoms with Gasteiger partial charge in [-0.05, 0) is 17.0 Å². The van der Waals surface area contributed by atoms with E-state index in [1.165, 1.54) is 0 Å². The molecule has 3 rings (SSSR count). The Labute approximate surface area is 118 Å². The van der Waals surface area contributed by atoms with Crippen LogP contribution >= 0.6 is 0 Å². The monoisotopic (exact) mass is 261 g/mol. The number of nitrogens with zero attached hydrogens (tertiary/aromatic N) is 2. The Morgan fingerprint density at radius 3 is 2.70 bits per heavy atom. The third-order valence-electron chi connectivity index (χ3n) is 3.19. The van der Waals surface area contributed by atoms with Gasteiger partial charge in [0, 0.05) is 36.1 Å². The second-order valence-electron chi connectivity index (χ2n) is 4.48. The molecule has 0 saturated carbocycles. The standard InChI is InChI=1S/C17H15N3/c1-2-9-19-17-16-11-18-10-8-14(16)15(12-20-17)13-6-4-3-5-7-13/h2-8,10-12H,1,9H2,(H,19,20). The largest absolute Gasteiger partial charge is 0.366 e. The molecule has 0 saturated heterocycles. The Hall–Kier alpha value is -2.68. The summed E-state index contributed by atoms with van der Waals surface area (Å²) in [5.41, 5.74) is 2.28. The van der Waals surface area contributed by atoms with Gasteiger partial charge in [0.15, 0.2) is 0 Å². The first kappa shape index (κ1) is 12.4. The van der Waals surface area contributed by atoms with Crippen LogP contribution in [0.5, 0.6) is 0 Å². The third-order valence-corrected chi connectivity index (χ3v) is 3.19. The van der Waals surface area contributed by atoms with Crippen LogP contribution in [0.2, 0.25) is 0 Å². The van der Waals surface area contributed by atoms with Gasteiger partial charge in [-0.2, -0.15) is 0 Å². The summed E-state index contributed by atoms with van der Waals surface area (Å²) >= 11 is 0. The molecule has 1 aromatic carbocycles. The van der Waals surface area contributed by atoms with E-state index in [-0.39, 0.29) is 0 Å². The molecule has 0 aliphatic carbocycles. The summed E-state index contributed by atoms with van der Waals surface area (Å²) in [6, 6.07) is 12.3. The number of nitrogens with one attached hydrogen (secondary N) is 1. The second kappa shape index (κ2) is 5.53. The molecule has 3 nitrogen and oxygen atoms in total. The number of benzene rings is 1. The Morgan fingerprint density at radius 2 is 1.90 bits per heavy atom. The summed E-state index contributed by atoms with van der Waals surface area (Å²) < 4.78 is 0. The molecule has 2 heterocycles. The molecule has 1 N–H and O–H groups in total. The molecule has 0 aliphatic heterocycles. The highest BCUT2D eigenvalue weighted by Crippen LogP contribution is 2.30. The van der Waals surface area contributed by atoms with Gasteiger partial charge in [-0.3, -0.25) is 4.98 Å². The van der Waals surface area contributed by atoms with Crippen LogP contribution in [0.25, 0.3) is 21.9 Å². The maximum absolute atomic E-state index is 4.52. The van der Waals surface area contributed by atoms with E-state index in [4.69, 9.17) is 0 Å². The molecule has 0 unspecified atom stereocenters. The minimum atomic E-state index is 0.682. The van der Waals surface area contributed by atoms with Gasteiger partial charge < -0.3 is 5.32 Å². The van der Waals surface area contributed by atoms with Crippen LogP contribution in [0, 0.1) is 0 Å². The van der Waals surface area contributed by atoms with Crippen molar-refractivity contribution < 1.29 is 0 Å². The number of rotatable bonds is 4. The minimum Gasteiger partial charge on any atom is -0.366 e. The molecular weight excluding hydrogens is 246 g/mol. The number of hydrogen-bond acceptors (Lipinski definition) is 3. The zero-order chi connectivity index (χ0) is 13.8. The minimum absolute atomic E-state index is 0.682. The SMILES string of the molecule is C=CCNc1ncc(-c2ccccc2)c2ccncc12. The Morgan fingerprint density at radius 1 is 1.05 bits per heavy atom. The third kappa shape index (κ3) is 2.26. The molecule has 0 fully saturated rings. The predicted octanol–water partition coefficient (Wildman–Crippen LogP) is 3.89. The molecular formula is C17H15N3. The van der Waals surface area contributed by atoms with Crippen LogP contribution in [0.1, 0.15) is 0 Å². The van der Waals surface area contributed by atoms with E-state index in [2.05, 4.69) is 34.0 Å². The summed E-state index contributed by atoms with van der Waals surface area (Å²) in [4.78, 5) is 8.73. The van der Waals surface area contributed by atoms with Crippen molar-refractivity contribution in [3.63, 3.8) is 0 Å². The normalized spacial score (nSPS) is 10.4. The average molecular weight is 261 g/mol. The first-order valence-electron chi connectivity index (χ1n) is 6.53. The number of aromatic nitrogens is 2. The summed E-state index contributed by atoms with van der Waals surface area (Å²) in [5.74, 6) is 0.840. The van der Waals surface area contributed by atoms with Gasteiger partial charge >= 0.3 is 0 Å². The molecule has 3 aromatic rings. The van der Waals surface area contributed by atoms with Crippen molar-refractivity contribution in [1.82, 2.24) is 9.97 Å². The maximum Gasteiger partial charge on any atom is 0.135 e. The summed E-state index contributed by atoms with van der Waals surface area (Å²) in [6.07, 6.45) is 7.38. The Balaban J connectivity index is 2.19. The van der Waals surface area contributed by atoms with E-state index in [9.17, 15) is 0 Å². The lowest BCUT2D eigenvalue weighted by Crippen LogP contribution is -2.01. The van der Waals surface area contributed by atoms with Gasteiger partial charge in [0.2, 0.25) is 0 Å². The first-order valence-corrected chi connectivity index (χ1v) is 6.53. The van der Waals surface area contributed by atoms with Crippen LogP contribution in [-0.2, 0) is 0 Å². The number of pyridine rings is 2. The molecule has 0 bridgehead atoms. The van der Waals surface area contributed by atoms with Gasteiger partial charge in [0.25, 0.3) is 0 Å². The van der Waals surface area contributed by atoms with Crippen molar-refractivity contribution in [2.75, 3.05) is 11.9 Å². The zero-order valence-electron chi connectivity index (χ0n) is 11.1. The van der Waals surface area contributed by atoms with E-state index in [0.717, 1.165) is 27.7 Å². The molecule has 0 spiro atoms. The van der Waals surface area contributed by atoms with Crippen LogP contribution < -0.4 is 5.32 Å². The van der Waals surface area contributed by atoms with Crippen LogP contribution in [-0.4, -0.2) is 16.5 Å². The van der Waals surface area contributed by atoms with Crippen molar-refractivity contribution in [2.45, 2.75) is 0 Å². The summed E-state index contributed by atoms with van der Waals surface area (Å²) in [5, 5.41) is 5.42. The van der Waals surface area contributed by atoms with Crippen LogP contribution in [0.15, 0.2) is 67.6 Å². The zero-order valence-corrected chi connectivity index (χ0v) is 11.1. The molecule has 20 heavy (non-hydrogen) atoms. The van der Waals surface area contributed by atoms with Crippen LogP contribution in [0.4, 0.5) is 5.82 Å². The lowest BCUT2D eigenvalue weighted by molar-refractivity contribution is 1.24. The quantitative estimate of drug-likeness (QED) is 0.724. The lowest BCUT2D eigenvalue weighted by atomic mass is 10.0. The molecule has 2 aromatic heterocycles. The Bertz CT molecular complexity index is 736. The maximum atomic E-state index is 4.52. The fourth-order valence-electron chi connectivity index (χ4n) is 2.24. The van der Waals surface area contributed by atoms with Crippen molar-refractivity contribution >= 4 is 16.6 Å². The van der Waals surface area contributed by atoms with Crippen molar-refractivity contribution in [2.24, 2.45) is 0 Å². The molecule has 3 heteroatoms. The van der Waals surface area contributed by atoms with E-state index < -0.39 is 0 Å². The fraction of sp³-hybridized carbons (Fsp3) is 0.0588. The topological polar surface area (TPSA) is 37.8 Å². The van der Waals surface area contributed by atoms with Crippen molar-refractivity contribution in [1.29, 1.82) is 0 Å². The summed E-state index contributed by atoms with van der Waals surface area (Å²) in [6.45, 7) is 4.40. The smallest absolute Gasteiger partial charge is 0.135 e. The highest BCUT2D eigenvalue weighted by Gasteiger charge is 2.08. The van der Waals surface area contributed by atoms with Crippen molar-refractivity contribution in [3.8, 4) is 11.1 Å². The van der Waals surface area contributed by atoms with Gasteiger partial charge in [0.1, 0.15) is 5.82 Å². The van der Waals surface area contributed by atoms with E-state index in [0.29, 0.717) is 6.54 Å². The van der Waals surface area contributed by atoms with E-state index in [1.54, 1.807) is 0 Å². The van der Waals surface area contributed by atoms with Crippen LogP contribution in [0.3, 0.4) is 0 Å². The Kier molecular flexibility index (Phi) is 3.42. The number of anilines is 1. The van der Waals surface area contributed by atoms with E-state index >= 15 is 0 Å². The second-order valence-corrected chi connectivity index (χ2v) is 4.48. The van der Waals surface area contributed by atoms with Gasteiger partial charge in [-0.25, -0.2) is 4.98 Å². The van der Waals surface area contributed by atoms with Gasteiger partial charge in [0.05, 0.1) is 0 Å². The molecule has 0 radical (unpaired) electrons.